The molecule has 2 aromatic rings. The number of rotatable bonds is 7. The van der Waals surface area contributed by atoms with Gasteiger partial charge in [-0.15, -0.1) is 0 Å². The second-order valence-electron chi connectivity index (χ2n) is 6.20. The van der Waals surface area contributed by atoms with Crippen LogP contribution in [0.4, 0.5) is 4.79 Å². The third kappa shape index (κ3) is 5.02. The van der Waals surface area contributed by atoms with Crippen molar-refractivity contribution in [1.82, 2.24) is 10.2 Å². The Morgan fingerprint density at radius 2 is 1.79 bits per heavy atom. The van der Waals surface area contributed by atoms with Crippen molar-refractivity contribution in [3.63, 3.8) is 0 Å². The van der Waals surface area contributed by atoms with Gasteiger partial charge in [0.25, 0.3) is 5.91 Å². The van der Waals surface area contributed by atoms with E-state index in [4.69, 9.17) is 21.1 Å². The number of halogens is 2. The van der Waals surface area contributed by atoms with Crippen molar-refractivity contribution in [1.29, 1.82) is 0 Å². The van der Waals surface area contributed by atoms with E-state index in [1.807, 2.05) is 19.9 Å². The fourth-order valence-corrected chi connectivity index (χ4v) is 3.78. The Hall–Kier alpha value is -2.26. The summed E-state index contributed by atoms with van der Waals surface area (Å²) in [5, 5.41) is 3.24. The van der Waals surface area contributed by atoms with Crippen LogP contribution in [0.3, 0.4) is 0 Å². The lowest BCUT2D eigenvalue weighted by molar-refractivity contribution is -0.123. The third-order valence-corrected chi connectivity index (χ3v) is 5.20. The summed E-state index contributed by atoms with van der Waals surface area (Å²) in [6, 6.07) is 10.2. The molecule has 0 bridgehead atoms. The van der Waals surface area contributed by atoms with Crippen molar-refractivity contribution >= 4 is 52.2 Å². The van der Waals surface area contributed by atoms with Gasteiger partial charge in [0.05, 0.1) is 23.3 Å². The van der Waals surface area contributed by atoms with Gasteiger partial charge in [0.15, 0.2) is 11.5 Å². The standard InChI is InChI=1S/C21H20ClIN2O4/c1-3-28-18-11-14(9-16(23)19(18)29-4-2)10-17-20(26)25(21(27)24-17)12-13-5-7-15(22)8-6-13/h5-11H,3-4,12H2,1-2H3,(H,24,27)/b17-10-. The molecule has 0 spiro atoms. The zero-order valence-corrected chi connectivity index (χ0v) is 18.9. The van der Waals surface area contributed by atoms with Gasteiger partial charge >= 0.3 is 6.03 Å². The Morgan fingerprint density at radius 1 is 1.10 bits per heavy atom. The van der Waals surface area contributed by atoms with Crippen LogP contribution in [0.5, 0.6) is 11.5 Å². The molecule has 2 aromatic carbocycles. The van der Waals surface area contributed by atoms with E-state index in [0.29, 0.717) is 29.7 Å². The molecule has 8 heteroatoms. The van der Waals surface area contributed by atoms with Gasteiger partial charge in [-0.1, -0.05) is 23.7 Å². The van der Waals surface area contributed by atoms with E-state index < -0.39 is 6.03 Å². The number of hydrogen-bond acceptors (Lipinski definition) is 4. The fourth-order valence-electron chi connectivity index (χ4n) is 2.87. The number of hydrogen-bond donors (Lipinski definition) is 1. The molecule has 0 saturated carbocycles. The molecule has 1 heterocycles. The highest BCUT2D eigenvalue weighted by Gasteiger charge is 2.33. The van der Waals surface area contributed by atoms with Gasteiger partial charge in [-0.2, -0.15) is 0 Å². The zero-order chi connectivity index (χ0) is 21.0. The van der Waals surface area contributed by atoms with Gasteiger partial charge in [0, 0.05) is 5.02 Å². The summed E-state index contributed by atoms with van der Waals surface area (Å²) in [7, 11) is 0. The molecule has 3 rings (SSSR count). The predicted molar refractivity (Wildman–Crippen MR) is 120 cm³/mol. The van der Waals surface area contributed by atoms with Crippen LogP contribution in [0.25, 0.3) is 6.08 Å². The number of carbonyl (C=O) groups excluding carboxylic acids is 2. The van der Waals surface area contributed by atoms with Crippen LogP contribution in [0.15, 0.2) is 42.1 Å². The summed E-state index contributed by atoms with van der Waals surface area (Å²) < 4.78 is 12.2. The summed E-state index contributed by atoms with van der Waals surface area (Å²) in [5.41, 5.74) is 1.76. The smallest absolute Gasteiger partial charge is 0.329 e. The average molecular weight is 527 g/mol. The minimum absolute atomic E-state index is 0.171. The Morgan fingerprint density at radius 3 is 2.45 bits per heavy atom. The molecule has 152 valence electrons. The van der Waals surface area contributed by atoms with Crippen LogP contribution >= 0.6 is 34.2 Å². The summed E-state index contributed by atoms with van der Waals surface area (Å²) in [5.74, 6) is 0.887. The molecule has 0 atom stereocenters. The minimum Gasteiger partial charge on any atom is -0.490 e. The molecule has 1 fully saturated rings. The van der Waals surface area contributed by atoms with Crippen LogP contribution in [0.1, 0.15) is 25.0 Å². The van der Waals surface area contributed by atoms with E-state index in [0.717, 1.165) is 19.6 Å². The van der Waals surface area contributed by atoms with Crippen molar-refractivity contribution in [2.45, 2.75) is 20.4 Å². The van der Waals surface area contributed by atoms with E-state index in [9.17, 15) is 9.59 Å². The van der Waals surface area contributed by atoms with Crippen molar-refractivity contribution in [2.75, 3.05) is 13.2 Å². The van der Waals surface area contributed by atoms with Crippen molar-refractivity contribution in [3.8, 4) is 11.5 Å². The van der Waals surface area contributed by atoms with E-state index >= 15 is 0 Å². The Labute approximate surface area is 188 Å². The van der Waals surface area contributed by atoms with Gasteiger partial charge in [-0.05, 0) is 77.9 Å². The van der Waals surface area contributed by atoms with Crippen molar-refractivity contribution in [3.05, 3.63) is 61.8 Å². The molecule has 0 unspecified atom stereocenters. The quantitative estimate of drug-likeness (QED) is 0.319. The van der Waals surface area contributed by atoms with Gasteiger partial charge in [-0.3, -0.25) is 9.69 Å². The molecule has 29 heavy (non-hydrogen) atoms. The number of nitrogens with zero attached hydrogens (tertiary/aromatic N) is 1. The third-order valence-electron chi connectivity index (χ3n) is 4.15. The van der Waals surface area contributed by atoms with Crippen LogP contribution in [-0.2, 0) is 11.3 Å². The summed E-state index contributed by atoms with van der Waals surface area (Å²) in [6.07, 6.45) is 1.64. The lowest BCUT2D eigenvalue weighted by Gasteiger charge is -2.14. The number of carbonyl (C=O) groups is 2. The lowest BCUT2D eigenvalue weighted by atomic mass is 10.1. The number of urea groups is 1. The molecule has 3 amide bonds. The first kappa shape index (κ1) is 21.4. The molecule has 0 aromatic heterocycles. The van der Waals surface area contributed by atoms with Gasteiger partial charge < -0.3 is 14.8 Å². The first-order chi connectivity index (χ1) is 13.9. The van der Waals surface area contributed by atoms with Crippen LogP contribution < -0.4 is 14.8 Å². The Balaban J connectivity index is 1.86. The summed E-state index contributed by atoms with van der Waals surface area (Å²) >= 11 is 8.05. The maximum absolute atomic E-state index is 12.7. The second kappa shape index (κ2) is 9.49. The SMILES string of the molecule is CCOc1cc(/C=C2\NC(=O)N(Cc3ccc(Cl)cc3)C2=O)cc(I)c1OCC. The van der Waals surface area contributed by atoms with Crippen LogP contribution in [-0.4, -0.2) is 30.1 Å². The molecule has 1 saturated heterocycles. The van der Waals surface area contributed by atoms with Crippen molar-refractivity contribution in [2.24, 2.45) is 0 Å². The maximum atomic E-state index is 12.7. The molecule has 1 N–H and O–H groups in total. The van der Waals surface area contributed by atoms with E-state index in [-0.39, 0.29) is 18.1 Å². The lowest BCUT2D eigenvalue weighted by Crippen LogP contribution is -2.30. The summed E-state index contributed by atoms with van der Waals surface area (Å²) in [6.45, 7) is 4.97. The van der Waals surface area contributed by atoms with Gasteiger partial charge in [-0.25, -0.2) is 4.79 Å². The topological polar surface area (TPSA) is 67.9 Å². The molecule has 0 aliphatic carbocycles. The number of ether oxygens (including phenoxy) is 2. The highest BCUT2D eigenvalue weighted by atomic mass is 127. The minimum atomic E-state index is -0.457. The molecular formula is C21H20ClIN2O4. The van der Waals surface area contributed by atoms with Crippen LogP contribution in [0, 0.1) is 3.57 Å². The highest BCUT2D eigenvalue weighted by molar-refractivity contribution is 14.1. The Bertz CT molecular complexity index is 960. The van der Waals surface area contributed by atoms with Gasteiger partial charge in [0.1, 0.15) is 5.70 Å². The molecular weight excluding hydrogens is 507 g/mol. The van der Waals surface area contributed by atoms with Gasteiger partial charge in [0.2, 0.25) is 0 Å². The summed E-state index contributed by atoms with van der Waals surface area (Å²) in [4.78, 5) is 26.2. The Kier molecular flexibility index (Phi) is 7.02. The largest absolute Gasteiger partial charge is 0.490 e. The predicted octanol–water partition coefficient (Wildman–Crippen LogP) is 4.83. The molecule has 0 radical (unpaired) electrons. The fraction of sp³-hybridized carbons (Fsp3) is 0.238. The number of amides is 3. The molecule has 1 aliphatic rings. The maximum Gasteiger partial charge on any atom is 0.329 e. The van der Waals surface area contributed by atoms with Crippen molar-refractivity contribution < 1.29 is 19.1 Å². The number of imide groups is 1. The monoisotopic (exact) mass is 526 g/mol. The number of nitrogens with one attached hydrogen (secondary N) is 1. The second-order valence-corrected chi connectivity index (χ2v) is 7.80. The zero-order valence-electron chi connectivity index (χ0n) is 16.0. The first-order valence-corrected chi connectivity index (χ1v) is 10.6. The first-order valence-electron chi connectivity index (χ1n) is 9.11. The van der Waals surface area contributed by atoms with E-state index in [2.05, 4.69) is 27.9 Å². The number of benzene rings is 2. The molecule has 1 aliphatic heterocycles. The van der Waals surface area contributed by atoms with E-state index in [1.54, 1.807) is 36.4 Å². The molecule has 6 nitrogen and oxygen atoms in total. The average Bonchev–Trinajstić information content (AvgIpc) is 2.94. The van der Waals surface area contributed by atoms with Crippen LogP contribution in [0.2, 0.25) is 5.02 Å². The van der Waals surface area contributed by atoms with E-state index in [1.165, 1.54) is 0 Å². The normalized spacial score (nSPS) is 15.0. The highest BCUT2D eigenvalue weighted by Crippen LogP contribution is 2.35.